The number of sulfone groups is 1. The van der Waals surface area contributed by atoms with Crippen molar-refractivity contribution in [3.63, 3.8) is 0 Å². The normalized spacial score (nSPS) is 21.0. The smallest absolute Gasteiger partial charge is 0.302 e. The maximum atomic E-state index is 11.7. The van der Waals surface area contributed by atoms with Gasteiger partial charge < -0.3 is 4.90 Å². The quantitative estimate of drug-likeness (QED) is 0.749. The molecule has 11 heteroatoms. The molecular formula is C11H19N5O4S2. The fourth-order valence-corrected chi connectivity index (χ4v) is 4.39. The SMILES string of the molecule is CN(c1ccc(NS(=O)(=O)N(C)C)nn1)C1CCS(=O)(=O)C1. The first-order chi connectivity index (χ1) is 10.1. The zero-order chi connectivity index (χ0) is 16.5. The number of nitrogens with zero attached hydrogens (tertiary/aromatic N) is 4. The number of anilines is 2. The van der Waals surface area contributed by atoms with E-state index in [0.717, 1.165) is 4.31 Å². The molecule has 0 aliphatic carbocycles. The van der Waals surface area contributed by atoms with Gasteiger partial charge in [0.25, 0.3) is 0 Å². The van der Waals surface area contributed by atoms with Gasteiger partial charge in [-0.05, 0) is 18.6 Å². The van der Waals surface area contributed by atoms with Crippen molar-refractivity contribution in [3.8, 4) is 0 Å². The molecule has 2 rings (SSSR count). The lowest BCUT2D eigenvalue weighted by atomic mass is 10.2. The molecule has 1 aromatic heterocycles. The first kappa shape index (κ1) is 16.9. The van der Waals surface area contributed by atoms with Gasteiger partial charge in [0.05, 0.1) is 11.5 Å². The van der Waals surface area contributed by atoms with Crippen LogP contribution < -0.4 is 9.62 Å². The first-order valence-electron chi connectivity index (χ1n) is 6.58. The third-order valence-electron chi connectivity index (χ3n) is 3.48. The second-order valence-electron chi connectivity index (χ2n) is 5.33. The molecule has 0 saturated carbocycles. The molecule has 1 unspecified atom stereocenters. The summed E-state index contributed by atoms with van der Waals surface area (Å²) in [7, 11) is -2.05. The summed E-state index contributed by atoms with van der Waals surface area (Å²) in [6, 6.07) is 2.96. The topological polar surface area (TPSA) is 113 Å². The molecule has 1 aromatic rings. The van der Waals surface area contributed by atoms with E-state index in [1.807, 2.05) is 0 Å². The lowest BCUT2D eigenvalue weighted by Gasteiger charge is -2.23. The van der Waals surface area contributed by atoms with Crippen LogP contribution in [0.4, 0.5) is 11.6 Å². The van der Waals surface area contributed by atoms with Gasteiger partial charge in [-0.15, -0.1) is 10.2 Å². The summed E-state index contributed by atoms with van der Waals surface area (Å²) in [5.74, 6) is 0.871. The van der Waals surface area contributed by atoms with Crippen molar-refractivity contribution in [2.75, 3.05) is 42.3 Å². The summed E-state index contributed by atoms with van der Waals surface area (Å²) >= 11 is 0. The first-order valence-corrected chi connectivity index (χ1v) is 9.84. The Morgan fingerprint density at radius 1 is 1.23 bits per heavy atom. The van der Waals surface area contributed by atoms with E-state index < -0.39 is 20.0 Å². The highest BCUT2D eigenvalue weighted by Gasteiger charge is 2.31. The summed E-state index contributed by atoms with van der Waals surface area (Å²) in [5.41, 5.74) is 0. The predicted molar refractivity (Wildman–Crippen MR) is 83.7 cm³/mol. The molecule has 0 amide bonds. The summed E-state index contributed by atoms with van der Waals surface area (Å²) in [6.45, 7) is 0. The van der Waals surface area contributed by atoms with Crippen LogP contribution in [0.2, 0.25) is 0 Å². The Morgan fingerprint density at radius 3 is 2.36 bits per heavy atom. The summed E-state index contributed by atoms with van der Waals surface area (Å²) in [5, 5.41) is 7.77. The molecule has 2 heterocycles. The second kappa shape index (κ2) is 5.97. The van der Waals surface area contributed by atoms with Crippen LogP contribution in [0.5, 0.6) is 0 Å². The maximum Gasteiger partial charge on any atom is 0.302 e. The second-order valence-corrected chi connectivity index (χ2v) is 9.45. The van der Waals surface area contributed by atoms with E-state index in [4.69, 9.17) is 0 Å². The number of nitrogens with one attached hydrogen (secondary N) is 1. The van der Waals surface area contributed by atoms with E-state index >= 15 is 0 Å². The lowest BCUT2D eigenvalue weighted by Crippen LogP contribution is -2.33. The average Bonchev–Trinajstić information content (AvgIpc) is 2.78. The maximum absolute atomic E-state index is 11.7. The van der Waals surface area contributed by atoms with E-state index in [-0.39, 0.29) is 23.4 Å². The predicted octanol–water partition coefficient (Wildman–Crippen LogP) is -0.682. The van der Waals surface area contributed by atoms with Gasteiger partial charge in [0, 0.05) is 27.2 Å². The molecule has 1 N–H and O–H groups in total. The molecule has 1 aliphatic heterocycles. The van der Waals surface area contributed by atoms with Gasteiger partial charge in [-0.25, -0.2) is 8.42 Å². The fraction of sp³-hybridized carbons (Fsp3) is 0.636. The minimum Gasteiger partial charge on any atom is -0.354 e. The Hall–Kier alpha value is -1.46. The van der Waals surface area contributed by atoms with Crippen molar-refractivity contribution in [3.05, 3.63) is 12.1 Å². The average molecular weight is 349 g/mol. The van der Waals surface area contributed by atoms with E-state index in [1.54, 1.807) is 18.0 Å². The lowest BCUT2D eigenvalue weighted by molar-refractivity contribution is 0.526. The summed E-state index contributed by atoms with van der Waals surface area (Å²) in [4.78, 5) is 1.75. The summed E-state index contributed by atoms with van der Waals surface area (Å²) < 4.78 is 49.7. The van der Waals surface area contributed by atoms with Crippen LogP contribution in [0, 0.1) is 0 Å². The van der Waals surface area contributed by atoms with E-state index in [1.165, 1.54) is 20.2 Å². The van der Waals surface area contributed by atoms with Crippen LogP contribution in [0.1, 0.15) is 6.42 Å². The zero-order valence-electron chi connectivity index (χ0n) is 12.6. The molecule has 124 valence electrons. The molecule has 1 fully saturated rings. The number of rotatable bonds is 5. The molecule has 1 saturated heterocycles. The summed E-state index contributed by atoms with van der Waals surface area (Å²) in [6.07, 6.45) is 0.551. The van der Waals surface area contributed by atoms with Crippen molar-refractivity contribution in [1.82, 2.24) is 14.5 Å². The molecule has 0 radical (unpaired) electrons. The van der Waals surface area contributed by atoms with Crippen LogP contribution in [0.25, 0.3) is 0 Å². The Morgan fingerprint density at radius 2 is 1.91 bits per heavy atom. The standard InChI is InChI=1S/C11H19N5O4S2/c1-15(2)22(19,20)14-10-4-5-11(13-12-10)16(3)9-6-7-21(17,18)8-9/h4-5,9H,6-8H2,1-3H3,(H,12,14). The molecule has 9 nitrogen and oxygen atoms in total. The van der Waals surface area contributed by atoms with Crippen molar-refractivity contribution >= 4 is 31.7 Å². The highest BCUT2D eigenvalue weighted by Crippen LogP contribution is 2.21. The molecular weight excluding hydrogens is 330 g/mol. The van der Waals surface area contributed by atoms with Crippen molar-refractivity contribution < 1.29 is 16.8 Å². The van der Waals surface area contributed by atoms with Gasteiger partial charge in [-0.2, -0.15) is 12.7 Å². The Kier molecular flexibility index (Phi) is 4.59. The van der Waals surface area contributed by atoms with Crippen molar-refractivity contribution in [2.45, 2.75) is 12.5 Å². The number of aromatic nitrogens is 2. The van der Waals surface area contributed by atoms with Gasteiger partial charge >= 0.3 is 10.2 Å². The number of hydrogen-bond donors (Lipinski definition) is 1. The highest BCUT2D eigenvalue weighted by molar-refractivity contribution is 7.91. The van der Waals surface area contributed by atoms with Crippen LogP contribution >= 0.6 is 0 Å². The van der Waals surface area contributed by atoms with E-state index in [2.05, 4.69) is 14.9 Å². The van der Waals surface area contributed by atoms with Crippen molar-refractivity contribution in [2.24, 2.45) is 0 Å². The highest BCUT2D eigenvalue weighted by atomic mass is 32.2. The Bertz CT molecular complexity index is 730. The Labute approximate surface area is 130 Å². The van der Waals surface area contributed by atoms with Gasteiger partial charge in [0.15, 0.2) is 21.5 Å². The van der Waals surface area contributed by atoms with Crippen LogP contribution in [-0.2, 0) is 20.0 Å². The molecule has 22 heavy (non-hydrogen) atoms. The largest absolute Gasteiger partial charge is 0.354 e. The van der Waals surface area contributed by atoms with Gasteiger partial charge in [-0.3, -0.25) is 4.72 Å². The van der Waals surface area contributed by atoms with Gasteiger partial charge in [0.2, 0.25) is 0 Å². The van der Waals surface area contributed by atoms with Crippen LogP contribution in [0.15, 0.2) is 12.1 Å². The molecule has 1 aliphatic rings. The fourth-order valence-electron chi connectivity index (χ4n) is 2.06. The minimum atomic E-state index is -3.63. The molecule has 0 bridgehead atoms. The van der Waals surface area contributed by atoms with Gasteiger partial charge in [0.1, 0.15) is 0 Å². The van der Waals surface area contributed by atoms with E-state index in [9.17, 15) is 16.8 Å². The third kappa shape index (κ3) is 3.84. The van der Waals surface area contributed by atoms with Crippen LogP contribution in [0.3, 0.4) is 0 Å². The Balaban J connectivity index is 2.09. The van der Waals surface area contributed by atoms with Gasteiger partial charge in [-0.1, -0.05) is 0 Å². The van der Waals surface area contributed by atoms with E-state index in [0.29, 0.717) is 12.2 Å². The van der Waals surface area contributed by atoms with Crippen molar-refractivity contribution in [1.29, 1.82) is 0 Å². The zero-order valence-corrected chi connectivity index (χ0v) is 14.2. The molecule has 0 aromatic carbocycles. The monoisotopic (exact) mass is 349 g/mol. The third-order valence-corrected chi connectivity index (χ3v) is 6.66. The number of hydrogen-bond acceptors (Lipinski definition) is 7. The molecule has 0 spiro atoms. The van der Waals surface area contributed by atoms with Crippen LogP contribution in [-0.4, -0.2) is 70.0 Å². The molecule has 1 atom stereocenters. The minimum absolute atomic E-state index is 0.0974.